The second-order valence-electron chi connectivity index (χ2n) is 4.50. The first-order chi connectivity index (χ1) is 9.26. The van der Waals surface area contributed by atoms with Crippen LogP contribution in [0, 0.1) is 6.92 Å². The number of unbranched alkanes of at least 4 members (excludes halogenated alkanes) is 2. The van der Waals surface area contributed by atoms with Gasteiger partial charge in [-0.3, -0.25) is 0 Å². The van der Waals surface area contributed by atoms with Crippen molar-refractivity contribution >= 4 is 19.0 Å². The molecule has 0 aromatic heterocycles. The molecule has 0 radical (unpaired) electrons. The van der Waals surface area contributed by atoms with Crippen LogP contribution in [0.3, 0.4) is 0 Å². The summed E-state index contributed by atoms with van der Waals surface area (Å²) in [5.74, 6) is 0. The summed E-state index contributed by atoms with van der Waals surface area (Å²) in [6, 6.07) is 8.55. The molecule has 0 saturated heterocycles. The molecule has 0 atom stereocenters. The third-order valence-corrected chi connectivity index (χ3v) is 5.72. The largest absolute Gasteiger partial charge is 0.326 e. The highest BCUT2D eigenvalue weighted by Crippen LogP contribution is 2.55. The minimum atomic E-state index is -0.853. The van der Waals surface area contributed by atoms with E-state index in [0.29, 0.717) is 0 Å². The molecule has 19 heavy (non-hydrogen) atoms. The Bertz CT molecular complexity index is 319. The van der Waals surface area contributed by atoms with Crippen molar-refractivity contribution in [2.75, 3.05) is 13.2 Å². The summed E-state index contributed by atoms with van der Waals surface area (Å²) in [6.45, 7) is 8.06. The van der Waals surface area contributed by atoms with Gasteiger partial charge in [-0.05, 0) is 43.3 Å². The molecule has 0 aliphatic heterocycles. The van der Waals surface area contributed by atoms with E-state index in [1.54, 1.807) is 11.4 Å². The average Bonchev–Trinajstić information content (AvgIpc) is 2.41. The molecule has 0 spiro atoms. The number of hydrogen-bond donors (Lipinski definition) is 0. The Morgan fingerprint density at radius 1 is 0.947 bits per heavy atom. The van der Waals surface area contributed by atoms with E-state index in [1.165, 1.54) is 10.5 Å². The molecule has 0 amide bonds. The summed E-state index contributed by atoms with van der Waals surface area (Å²) in [5, 5.41) is 0. The van der Waals surface area contributed by atoms with Crippen LogP contribution in [0.1, 0.15) is 45.1 Å². The van der Waals surface area contributed by atoms with E-state index >= 15 is 0 Å². The highest BCUT2D eigenvalue weighted by Gasteiger charge is 2.12. The van der Waals surface area contributed by atoms with Crippen molar-refractivity contribution in [2.45, 2.75) is 51.3 Å². The molecular weight excluding hydrogens is 275 g/mol. The molecule has 1 aromatic carbocycles. The van der Waals surface area contributed by atoms with Crippen molar-refractivity contribution in [1.29, 1.82) is 0 Å². The van der Waals surface area contributed by atoms with Crippen LogP contribution in [0.15, 0.2) is 29.2 Å². The third-order valence-electron chi connectivity index (χ3n) is 2.59. The molecule has 0 unspecified atom stereocenters. The minimum Gasteiger partial charge on any atom is -0.326 e. The fraction of sp³-hybridized carbons (Fsp3) is 0.600. The Labute approximate surface area is 122 Å². The Morgan fingerprint density at radius 3 is 1.95 bits per heavy atom. The molecule has 0 N–H and O–H groups in total. The monoisotopic (exact) mass is 300 g/mol. The lowest BCUT2D eigenvalue weighted by Crippen LogP contribution is -1.93. The van der Waals surface area contributed by atoms with Gasteiger partial charge in [0.25, 0.3) is 0 Å². The van der Waals surface area contributed by atoms with Crippen LogP contribution in [0.25, 0.3) is 0 Å². The van der Waals surface area contributed by atoms with Gasteiger partial charge in [-0.2, -0.15) is 0 Å². The lowest BCUT2D eigenvalue weighted by Gasteiger charge is -2.16. The fourth-order valence-corrected chi connectivity index (χ4v) is 4.15. The lowest BCUT2D eigenvalue weighted by molar-refractivity contribution is 0.255. The molecule has 2 nitrogen and oxygen atoms in total. The summed E-state index contributed by atoms with van der Waals surface area (Å²) >= 11 is 1.72. The smallest absolute Gasteiger partial charge is 0.243 e. The van der Waals surface area contributed by atoms with E-state index in [4.69, 9.17) is 9.05 Å². The van der Waals surface area contributed by atoms with E-state index in [-0.39, 0.29) is 0 Å². The summed E-state index contributed by atoms with van der Waals surface area (Å²) in [6.07, 6.45) is 4.52. The third kappa shape index (κ3) is 7.94. The summed E-state index contributed by atoms with van der Waals surface area (Å²) in [7, 11) is -0.853. The normalized spacial score (nSPS) is 11.2. The zero-order valence-electron chi connectivity index (χ0n) is 12.2. The number of rotatable bonds is 10. The van der Waals surface area contributed by atoms with E-state index in [2.05, 4.69) is 45.0 Å². The quantitative estimate of drug-likeness (QED) is 0.393. The van der Waals surface area contributed by atoms with Crippen molar-refractivity contribution in [3.05, 3.63) is 29.8 Å². The predicted octanol–water partition coefficient (Wildman–Crippen LogP) is 5.95. The fourth-order valence-electron chi connectivity index (χ4n) is 1.34. The van der Waals surface area contributed by atoms with Gasteiger partial charge in [0.1, 0.15) is 0 Å². The van der Waals surface area contributed by atoms with Gasteiger partial charge in [-0.15, -0.1) is 0 Å². The molecule has 0 heterocycles. The number of benzene rings is 1. The molecular formula is C15H25O2PS. The number of hydrogen-bond acceptors (Lipinski definition) is 3. The molecule has 4 heteroatoms. The van der Waals surface area contributed by atoms with Crippen LogP contribution < -0.4 is 0 Å². The van der Waals surface area contributed by atoms with Crippen LogP contribution >= 0.6 is 19.0 Å². The standard InChI is InChI=1S/C15H25O2PS/c1-4-6-12-16-18(17-13-7-5-2)19-15-10-8-14(3)9-11-15/h8-11H,4-7,12-13H2,1-3H3. The SMILES string of the molecule is CCCCOP(OCCCC)Sc1ccc(C)cc1. The molecule has 108 valence electrons. The van der Waals surface area contributed by atoms with E-state index in [1.807, 2.05) is 0 Å². The highest BCUT2D eigenvalue weighted by molar-refractivity contribution is 8.52. The summed E-state index contributed by atoms with van der Waals surface area (Å²) in [4.78, 5) is 1.23. The maximum atomic E-state index is 5.87. The first-order valence-electron chi connectivity index (χ1n) is 7.06. The second kappa shape index (κ2) is 10.7. The Hall–Kier alpha value is -0.0800. The molecule has 0 saturated carbocycles. The van der Waals surface area contributed by atoms with Crippen LogP contribution in [0.4, 0.5) is 0 Å². The van der Waals surface area contributed by atoms with Gasteiger partial charge >= 0.3 is 0 Å². The molecule has 0 fully saturated rings. The van der Waals surface area contributed by atoms with Gasteiger partial charge in [-0.1, -0.05) is 44.4 Å². The second-order valence-corrected chi connectivity index (χ2v) is 7.56. The van der Waals surface area contributed by atoms with Crippen molar-refractivity contribution in [2.24, 2.45) is 0 Å². The molecule has 1 aromatic rings. The summed E-state index contributed by atoms with van der Waals surface area (Å²) < 4.78 is 11.7. The van der Waals surface area contributed by atoms with Gasteiger partial charge in [0.2, 0.25) is 7.58 Å². The molecule has 1 rings (SSSR count). The predicted molar refractivity (Wildman–Crippen MR) is 85.7 cm³/mol. The zero-order chi connectivity index (χ0) is 13.9. The van der Waals surface area contributed by atoms with Crippen LogP contribution in [-0.2, 0) is 9.05 Å². The molecule has 0 bridgehead atoms. The highest BCUT2D eigenvalue weighted by atomic mass is 32.7. The van der Waals surface area contributed by atoms with Crippen LogP contribution in [-0.4, -0.2) is 13.2 Å². The average molecular weight is 300 g/mol. The lowest BCUT2D eigenvalue weighted by atomic mass is 10.2. The van der Waals surface area contributed by atoms with Crippen LogP contribution in [0.5, 0.6) is 0 Å². The van der Waals surface area contributed by atoms with Gasteiger partial charge < -0.3 is 9.05 Å². The number of aryl methyl sites for hydroxylation is 1. The summed E-state index contributed by atoms with van der Waals surface area (Å²) in [5.41, 5.74) is 1.28. The van der Waals surface area contributed by atoms with Crippen molar-refractivity contribution in [3.8, 4) is 0 Å². The molecule has 0 aliphatic carbocycles. The van der Waals surface area contributed by atoms with Gasteiger partial charge in [0, 0.05) is 4.90 Å². The van der Waals surface area contributed by atoms with Gasteiger partial charge in [0.15, 0.2) is 0 Å². The van der Waals surface area contributed by atoms with Crippen molar-refractivity contribution in [3.63, 3.8) is 0 Å². The van der Waals surface area contributed by atoms with Gasteiger partial charge in [0.05, 0.1) is 13.2 Å². The maximum absolute atomic E-state index is 5.87. The Morgan fingerprint density at radius 2 is 1.47 bits per heavy atom. The zero-order valence-corrected chi connectivity index (χ0v) is 13.9. The van der Waals surface area contributed by atoms with E-state index < -0.39 is 7.58 Å². The Balaban J connectivity index is 2.44. The first kappa shape index (κ1) is 17.0. The van der Waals surface area contributed by atoms with Crippen molar-refractivity contribution < 1.29 is 9.05 Å². The minimum absolute atomic E-state index is 0.799. The van der Waals surface area contributed by atoms with Gasteiger partial charge in [-0.25, -0.2) is 0 Å². The first-order valence-corrected chi connectivity index (χ1v) is 9.66. The molecule has 0 aliphatic rings. The van der Waals surface area contributed by atoms with Crippen LogP contribution in [0.2, 0.25) is 0 Å². The topological polar surface area (TPSA) is 18.5 Å². The maximum Gasteiger partial charge on any atom is 0.243 e. The van der Waals surface area contributed by atoms with E-state index in [9.17, 15) is 0 Å². The van der Waals surface area contributed by atoms with E-state index in [0.717, 1.165) is 38.9 Å². The Kier molecular flexibility index (Phi) is 9.54. The van der Waals surface area contributed by atoms with Crippen molar-refractivity contribution in [1.82, 2.24) is 0 Å².